The van der Waals surface area contributed by atoms with Gasteiger partial charge in [0.1, 0.15) is 0 Å². The number of nitrogens with two attached hydrogens (primary N) is 1. The summed E-state index contributed by atoms with van der Waals surface area (Å²) in [5, 5.41) is 18.6. The monoisotopic (exact) mass is 272 g/mol. The van der Waals surface area contributed by atoms with Gasteiger partial charge in [-0.15, -0.1) is 0 Å². The topological polar surface area (TPSA) is 87.1 Å². The molecule has 3 N–H and O–H groups in total. The van der Waals surface area contributed by atoms with E-state index >= 15 is 0 Å². The second-order valence-corrected chi connectivity index (χ2v) is 4.04. The fourth-order valence-corrected chi connectivity index (χ4v) is 1.72. The summed E-state index contributed by atoms with van der Waals surface area (Å²) in [6.07, 6.45) is -5.97. The number of primary amides is 1. The van der Waals surface area contributed by atoms with Crippen LogP contribution in [0.3, 0.4) is 0 Å². The van der Waals surface area contributed by atoms with Gasteiger partial charge in [0.05, 0.1) is 17.7 Å². The van der Waals surface area contributed by atoms with E-state index in [2.05, 4.69) is 0 Å². The standard InChI is InChI=1S/C12H11F3N2O2/c1-7(18)11(6-16,10(17)19)8-2-4-9(5-3-8)12(13,14)15/h2-5,7,18H,1H3,(H2,17,19). The highest BCUT2D eigenvalue weighted by Crippen LogP contribution is 2.32. The number of benzene rings is 1. The van der Waals surface area contributed by atoms with Crippen molar-refractivity contribution in [3.63, 3.8) is 0 Å². The number of nitrogens with zero attached hydrogens (tertiary/aromatic N) is 1. The van der Waals surface area contributed by atoms with Gasteiger partial charge < -0.3 is 10.8 Å². The zero-order chi connectivity index (χ0) is 14.8. The second-order valence-electron chi connectivity index (χ2n) is 4.04. The Labute approximate surface area is 107 Å². The van der Waals surface area contributed by atoms with Gasteiger partial charge in [0.25, 0.3) is 0 Å². The summed E-state index contributed by atoms with van der Waals surface area (Å²) in [5.41, 5.74) is 2.03. The maximum Gasteiger partial charge on any atom is 0.416 e. The molecule has 0 radical (unpaired) electrons. The molecule has 102 valence electrons. The largest absolute Gasteiger partial charge is 0.416 e. The van der Waals surface area contributed by atoms with Crippen molar-refractivity contribution in [3.8, 4) is 6.07 Å². The van der Waals surface area contributed by atoms with E-state index in [0.717, 1.165) is 24.3 Å². The summed E-state index contributed by atoms with van der Waals surface area (Å²) in [5.74, 6) is -1.12. The third-order valence-electron chi connectivity index (χ3n) is 2.86. The number of carbonyl (C=O) groups is 1. The van der Waals surface area contributed by atoms with Crippen LogP contribution in [0, 0.1) is 11.3 Å². The van der Waals surface area contributed by atoms with Crippen LogP contribution in [0.25, 0.3) is 0 Å². The first-order valence-corrected chi connectivity index (χ1v) is 5.23. The maximum atomic E-state index is 12.4. The summed E-state index contributed by atoms with van der Waals surface area (Å²) in [7, 11) is 0. The summed E-state index contributed by atoms with van der Waals surface area (Å²) < 4.78 is 37.2. The Morgan fingerprint density at radius 1 is 1.32 bits per heavy atom. The van der Waals surface area contributed by atoms with Gasteiger partial charge in [-0.05, 0) is 24.6 Å². The number of aliphatic hydroxyl groups is 1. The Kier molecular flexibility index (Phi) is 3.86. The molecule has 0 bridgehead atoms. The van der Waals surface area contributed by atoms with Gasteiger partial charge in [-0.2, -0.15) is 18.4 Å². The van der Waals surface area contributed by atoms with E-state index in [1.807, 2.05) is 0 Å². The molecular formula is C12H11F3N2O2. The van der Waals surface area contributed by atoms with Crippen LogP contribution in [0.2, 0.25) is 0 Å². The smallest absolute Gasteiger partial charge is 0.391 e. The van der Waals surface area contributed by atoms with E-state index in [0.29, 0.717) is 0 Å². The molecule has 1 aromatic rings. The molecule has 0 aliphatic rings. The van der Waals surface area contributed by atoms with Gasteiger partial charge in [-0.1, -0.05) is 12.1 Å². The zero-order valence-electron chi connectivity index (χ0n) is 9.90. The molecule has 2 unspecified atom stereocenters. The predicted molar refractivity (Wildman–Crippen MR) is 59.6 cm³/mol. The van der Waals surface area contributed by atoms with Gasteiger partial charge in [-0.3, -0.25) is 4.79 Å². The molecule has 0 aromatic heterocycles. The third kappa shape index (κ3) is 2.53. The van der Waals surface area contributed by atoms with Gasteiger partial charge in [0, 0.05) is 0 Å². The number of hydrogen-bond acceptors (Lipinski definition) is 3. The number of alkyl halides is 3. The summed E-state index contributed by atoms with van der Waals surface area (Å²) >= 11 is 0. The summed E-state index contributed by atoms with van der Waals surface area (Å²) in [4.78, 5) is 11.4. The van der Waals surface area contributed by atoms with Crippen molar-refractivity contribution in [3.05, 3.63) is 35.4 Å². The molecule has 4 nitrogen and oxygen atoms in total. The van der Waals surface area contributed by atoms with E-state index in [1.54, 1.807) is 6.07 Å². The number of rotatable bonds is 3. The molecule has 1 aromatic carbocycles. The van der Waals surface area contributed by atoms with Gasteiger partial charge in [0.15, 0.2) is 5.41 Å². The number of carbonyl (C=O) groups excluding carboxylic acids is 1. The van der Waals surface area contributed by atoms with E-state index < -0.39 is 29.2 Å². The molecule has 1 amide bonds. The molecule has 0 aliphatic heterocycles. The number of halogens is 3. The predicted octanol–water partition coefficient (Wildman–Crippen LogP) is 1.33. The van der Waals surface area contributed by atoms with Crippen LogP contribution in [0.4, 0.5) is 13.2 Å². The van der Waals surface area contributed by atoms with Crippen molar-refractivity contribution in [1.82, 2.24) is 0 Å². The van der Waals surface area contributed by atoms with Crippen molar-refractivity contribution >= 4 is 5.91 Å². The molecular weight excluding hydrogens is 261 g/mol. The fraction of sp³-hybridized carbons (Fsp3) is 0.333. The van der Waals surface area contributed by atoms with Crippen LogP contribution in [0.5, 0.6) is 0 Å². The molecule has 0 aliphatic carbocycles. The molecule has 0 spiro atoms. The number of nitriles is 1. The number of aliphatic hydroxyl groups excluding tert-OH is 1. The van der Waals surface area contributed by atoms with Gasteiger partial charge in [-0.25, -0.2) is 0 Å². The fourth-order valence-electron chi connectivity index (χ4n) is 1.72. The molecule has 0 heterocycles. The van der Waals surface area contributed by atoms with Crippen LogP contribution in [0.15, 0.2) is 24.3 Å². The van der Waals surface area contributed by atoms with Crippen LogP contribution in [-0.4, -0.2) is 17.1 Å². The van der Waals surface area contributed by atoms with Crippen LogP contribution < -0.4 is 5.73 Å². The molecule has 0 fully saturated rings. The lowest BCUT2D eigenvalue weighted by molar-refractivity contribution is -0.137. The van der Waals surface area contributed by atoms with E-state index in [9.17, 15) is 23.1 Å². The highest BCUT2D eigenvalue weighted by molar-refractivity contribution is 5.90. The molecule has 19 heavy (non-hydrogen) atoms. The maximum absolute atomic E-state index is 12.4. The Balaban J connectivity index is 3.36. The normalized spacial score (nSPS) is 16.2. The summed E-state index contributed by atoms with van der Waals surface area (Å²) in [6.45, 7) is 1.17. The second kappa shape index (κ2) is 4.90. The Morgan fingerprint density at radius 2 is 1.74 bits per heavy atom. The minimum atomic E-state index is -4.52. The van der Waals surface area contributed by atoms with E-state index in [-0.39, 0.29) is 5.56 Å². The Morgan fingerprint density at radius 3 is 2.00 bits per heavy atom. The minimum Gasteiger partial charge on any atom is -0.391 e. The van der Waals surface area contributed by atoms with E-state index in [4.69, 9.17) is 11.0 Å². The van der Waals surface area contributed by atoms with Crippen molar-refractivity contribution < 1.29 is 23.1 Å². The van der Waals surface area contributed by atoms with Crippen LogP contribution in [-0.2, 0) is 16.4 Å². The van der Waals surface area contributed by atoms with Crippen LogP contribution in [0.1, 0.15) is 18.1 Å². The van der Waals surface area contributed by atoms with Crippen molar-refractivity contribution in [2.75, 3.05) is 0 Å². The third-order valence-corrected chi connectivity index (χ3v) is 2.86. The zero-order valence-corrected chi connectivity index (χ0v) is 9.90. The Hall–Kier alpha value is -2.07. The molecule has 2 atom stereocenters. The molecule has 1 rings (SSSR count). The first-order valence-electron chi connectivity index (χ1n) is 5.23. The summed E-state index contributed by atoms with van der Waals surface area (Å²) in [6, 6.07) is 4.96. The minimum absolute atomic E-state index is 0.0782. The van der Waals surface area contributed by atoms with Crippen molar-refractivity contribution in [1.29, 1.82) is 5.26 Å². The highest BCUT2D eigenvalue weighted by Gasteiger charge is 2.44. The number of hydrogen-bond donors (Lipinski definition) is 2. The molecule has 0 saturated heterocycles. The average molecular weight is 272 g/mol. The SMILES string of the molecule is CC(O)C(C#N)(C(N)=O)c1ccc(C(F)(F)F)cc1. The van der Waals surface area contributed by atoms with Crippen molar-refractivity contribution in [2.45, 2.75) is 24.6 Å². The lowest BCUT2D eigenvalue weighted by atomic mass is 9.76. The first kappa shape index (κ1) is 15.0. The lowest BCUT2D eigenvalue weighted by Crippen LogP contribution is -2.48. The quantitative estimate of drug-likeness (QED) is 0.870. The first-order chi connectivity index (χ1) is 8.66. The molecule has 0 saturated carbocycles. The Bertz CT molecular complexity index is 517. The lowest BCUT2D eigenvalue weighted by Gasteiger charge is -2.26. The van der Waals surface area contributed by atoms with E-state index in [1.165, 1.54) is 6.92 Å². The average Bonchev–Trinajstić information content (AvgIpc) is 2.29. The van der Waals surface area contributed by atoms with Gasteiger partial charge >= 0.3 is 6.18 Å². The van der Waals surface area contributed by atoms with Crippen molar-refractivity contribution in [2.24, 2.45) is 5.73 Å². The van der Waals surface area contributed by atoms with Crippen LogP contribution >= 0.6 is 0 Å². The number of amides is 1. The van der Waals surface area contributed by atoms with Gasteiger partial charge in [0.2, 0.25) is 5.91 Å². The molecule has 7 heteroatoms. The highest BCUT2D eigenvalue weighted by atomic mass is 19.4.